The van der Waals surface area contributed by atoms with Gasteiger partial charge in [0.2, 0.25) is 5.91 Å². The van der Waals surface area contributed by atoms with Crippen molar-refractivity contribution in [2.45, 2.75) is 31.2 Å². The second-order valence-electron chi connectivity index (χ2n) is 7.48. The smallest absolute Gasteiger partial charge is 0.252 e. The van der Waals surface area contributed by atoms with Crippen LogP contribution in [0.4, 0.5) is 0 Å². The zero-order chi connectivity index (χ0) is 19.8. The molecular formula is C20H22N4O4. The second kappa shape index (κ2) is 7.17. The lowest BCUT2D eigenvalue weighted by Crippen LogP contribution is -2.41. The van der Waals surface area contributed by atoms with Crippen molar-refractivity contribution in [1.82, 2.24) is 9.80 Å². The van der Waals surface area contributed by atoms with Gasteiger partial charge >= 0.3 is 0 Å². The Balaban J connectivity index is 1.51. The second-order valence-corrected chi connectivity index (χ2v) is 7.48. The number of carbonyl (C=O) groups is 2. The van der Waals surface area contributed by atoms with Crippen LogP contribution in [0.2, 0.25) is 0 Å². The molecule has 2 fully saturated rings. The first-order valence-electron chi connectivity index (χ1n) is 9.44. The standard InChI is InChI=1S/C20H22N4O4/c21-9-13-2-1-6-24(13)17(26)11-23-7-5-12(10-23)19-18(20(22)27)15-4-3-14(25)8-16(15)28-19/h3-4,8,12-13,25H,1-2,5-7,10-11H2,(H2,22,27). The van der Waals surface area contributed by atoms with Gasteiger partial charge in [-0.05, 0) is 37.9 Å². The maximum Gasteiger partial charge on any atom is 0.252 e. The Bertz CT molecular complexity index is 976. The van der Waals surface area contributed by atoms with Crippen LogP contribution in [-0.4, -0.2) is 58.9 Å². The maximum absolute atomic E-state index is 12.6. The normalized spacial score (nSPS) is 22.6. The molecule has 0 aliphatic carbocycles. The van der Waals surface area contributed by atoms with Gasteiger partial charge in [-0.2, -0.15) is 5.26 Å². The molecule has 8 heteroatoms. The van der Waals surface area contributed by atoms with E-state index in [1.807, 2.05) is 4.90 Å². The molecule has 2 saturated heterocycles. The number of fused-ring (bicyclic) bond motifs is 1. The van der Waals surface area contributed by atoms with Crippen molar-refractivity contribution < 1.29 is 19.1 Å². The molecule has 0 radical (unpaired) electrons. The average molecular weight is 382 g/mol. The number of nitriles is 1. The van der Waals surface area contributed by atoms with Crippen LogP contribution in [0.3, 0.4) is 0 Å². The molecule has 146 valence electrons. The number of hydrogen-bond acceptors (Lipinski definition) is 6. The predicted octanol–water partition coefficient (Wildman–Crippen LogP) is 1.54. The minimum atomic E-state index is -0.567. The Morgan fingerprint density at radius 2 is 2.14 bits per heavy atom. The summed E-state index contributed by atoms with van der Waals surface area (Å²) in [7, 11) is 0. The fraction of sp³-hybridized carbons (Fsp3) is 0.450. The molecule has 0 saturated carbocycles. The topological polar surface area (TPSA) is 124 Å². The van der Waals surface area contributed by atoms with Gasteiger partial charge in [0.25, 0.3) is 5.91 Å². The number of phenolic OH excluding ortho intramolecular Hbond substituents is 1. The fourth-order valence-electron chi connectivity index (χ4n) is 4.32. The SMILES string of the molecule is N#CC1CCCN1C(=O)CN1CCC(c2oc3cc(O)ccc3c2C(N)=O)C1. The number of carbonyl (C=O) groups excluding carboxylic acids is 2. The van der Waals surface area contributed by atoms with E-state index in [4.69, 9.17) is 10.2 Å². The average Bonchev–Trinajstić information content (AvgIpc) is 3.38. The van der Waals surface area contributed by atoms with E-state index in [0.717, 1.165) is 19.3 Å². The molecular weight excluding hydrogens is 360 g/mol. The van der Waals surface area contributed by atoms with E-state index >= 15 is 0 Å². The molecule has 2 unspecified atom stereocenters. The summed E-state index contributed by atoms with van der Waals surface area (Å²) in [6.07, 6.45) is 2.33. The zero-order valence-corrected chi connectivity index (χ0v) is 15.4. The molecule has 1 aromatic carbocycles. The van der Waals surface area contributed by atoms with Gasteiger partial charge in [0.1, 0.15) is 23.1 Å². The van der Waals surface area contributed by atoms with Crippen LogP contribution in [0.5, 0.6) is 5.75 Å². The van der Waals surface area contributed by atoms with E-state index in [-0.39, 0.29) is 30.2 Å². The highest BCUT2D eigenvalue weighted by Crippen LogP contribution is 2.36. The van der Waals surface area contributed by atoms with Crippen molar-refractivity contribution in [3.63, 3.8) is 0 Å². The molecule has 2 aliphatic heterocycles. The highest BCUT2D eigenvalue weighted by molar-refractivity contribution is 6.06. The Hall–Kier alpha value is -3.05. The van der Waals surface area contributed by atoms with E-state index in [9.17, 15) is 20.0 Å². The number of primary amides is 1. The van der Waals surface area contributed by atoms with E-state index < -0.39 is 5.91 Å². The summed E-state index contributed by atoms with van der Waals surface area (Å²) >= 11 is 0. The molecule has 8 nitrogen and oxygen atoms in total. The van der Waals surface area contributed by atoms with Gasteiger partial charge in [-0.3, -0.25) is 14.5 Å². The number of phenols is 1. The van der Waals surface area contributed by atoms with Crippen LogP contribution in [0.1, 0.15) is 41.3 Å². The number of furan rings is 1. The molecule has 28 heavy (non-hydrogen) atoms. The summed E-state index contributed by atoms with van der Waals surface area (Å²) in [6.45, 7) is 2.15. The van der Waals surface area contributed by atoms with Crippen molar-refractivity contribution >= 4 is 22.8 Å². The molecule has 3 heterocycles. The third-order valence-corrected chi connectivity index (χ3v) is 5.67. The minimum absolute atomic E-state index is 0.0330. The third-order valence-electron chi connectivity index (χ3n) is 5.67. The number of rotatable bonds is 4. The van der Waals surface area contributed by atoms with Crippen molar-refractivity contribution in [3.8, 4) is 11.8 Å². The number of aromatic hydroxyl groups is 1. The van der Waals surface area contributed by atoms with Crippen molar-refractivity contribution in [2.75, 3.05) is 26.2 Å². The van der Waals surface area contributed by atoms with Crippen molar-refractivity contribution in [1.29, 1.82) is 5.26 Å². The van der Waals surface area contributed by atoms with Gasteiger partial charge in [0.15, 0.2) is 0 Å². The van der Waals surface area contributed by atoms with Gasteiger partial charge < -0.3 is 20.2 Å². The molecule has 2 aromatic rings. The van der Waals surface area contributed by atoms with Crippen LogP contribution in [0, 0.1) is 11.3 Å². The van der Waals surface area contributed by atoms with Crippen molar-refractivity contribution in [3.05, 3.63) is 29.5 Å². The first kappa shape index (κ1) is 18.3. The Kier molecular flexibility index (Phi) is 4.69. The summed E-state index contributed by atoms with van der Waals surface area (Å²) < 4.78 is 5.89. The Labute approximate surface area is 162 Å². The molecule has 0 bridgehead atoms. The highest BCUT2D eigenvalue weighted by Gasteiger charge is 2.34. The molecule has 2 atom stereocenters. The highest BCUT2D eigenvalue weighted by atomic mass is 16.3. The summed E-state index contributed by atoms with van der Waals surface area (Å²) in [5.41, 5.74) is 6.36. The van der Waals surface area contributed by atoms with Gasteiger partial charge in [-0.15, -0.1) is 0 Å². The van der Waals surface area contributed by atoms with E-state index in [1.54, 1.807) is 11.0 Å². The summed E-state index contributed by atoms with van der Waals surface area (Å²) in [5.74, 6) is -0.0910. The molecule has 2 amide bonds. The van der Waals surface area contributed by atoms with Crippen LogP contribution >= 0.6 is 0 Å². The number of hydrogen-bond donors (Lipinski definition) is 2. The predicted molar refractivity (Wildman–Crippen MR) is 101 cm³/mol. The monoisotopic (exact) mass is 382 g/mol. The molecule has 4 rings (SSSR count). The van der Waals surface area contributed by atoms with Gasteiger partial charge in [0.05, 0.1) is 18.2 Å². The van der Waals surface area contributed by atoms with Crippen LogP contribution in [0.15, 0.2) is 22.6 Å². The molecule has 0 spiro atoms. The quantitative estimate of drug-likeness (QED) is 0.827. The lowest BCUT2D eigenvalue weighted by atomic mass is 9.99. The molecule has 3 N–H and O–H groups in total. The number of nitrogens with two attached hydrogens (primary N) is 1. The third kappa shape index (κ3) is 3.18. The van der Waals surface area contributed by atoms with E-state index in [1.165, 1.54) is 12.1 Å². The summed E-state index contributed by atoms with van der Waals surface area (Å²) in [4.78, 5) is 28.3. The first-order valence-corrected chi connectivity index (χ1v) is 9.44. The van der Waals surface area contributed by atoms with Crippen LogP contribution in [0.25, 0.3) is 11.0 Å². The summed E-state index contributed by atoms with van der Waals surface area (Å²) in [5, 5.41) is 19.4. The summed E-state index contributed by atoms with van der Waals surface area (Å²) in [6, 6.07) is 6.46. The van der Waals surface area contributed by atoms with E-state index in [2.05, 4.69) is 6.07 Å². The van der Waals surface area contributed by atoms with Gasteiger partial charge in [0, 0.05) is 30.5 Å². The Morgan fingerprint density at radius 3 is 2.89 bits per heavy atom. The number of nitrogens with zero attached hydrogens (tertiary/aromatic N) is 3. The van der Waals surface area contributed by atoms with E-state index in [0.29, 0.717) is 41.9 Å². The van der Waals surface area contributed by atoms with Crippen LogP contribution < -0.4 is 5.73 Å². The van der Waals surface area contributed by atoms with Crippen LogP contribution in [-0.2, 0) is 4.79 Å². The number of benzene rings is 1. The Morgan fingerprint density at radius 1 is 1.32 bits per heavy atom. The minimum Gasteiger partial charge on any atom is -0.508 e. The number of likely N-dealkylation sites (tertiary alicyclic amines) is 2. The lowest BCUT2D eigenvalue weighted by molar-refractivity contribution is -0.132. The molecule has 1 aromatic heterocycles. The number of amides is 2. The van der Waals surface area contributed by atoms with Gasteiger partial charge in [-0.25, -0.2) is 0 Å². The zero-order valence-electron chi connectivity index (χ0n) is 15.4. The largest absolute Gasteiger partial charge is 0.508 e. The maximum atomic E-state index is 12.6. The first-order chi connectivity index (χ1) is 13.5. The molecule has 2 aliphatic rings. The van der Waals surface area contributed by atoms with Crippen molar-refractivity contribution in [2.24, 2.45) is 5.73 Å². The van der Waals surface area contributed by atoms with Gasteiger partial charge in [-0.1, -0.05) is 0 Å². The lowest BCUT2D eigenvalue weighted by Gasteiger charge is -2.23. The fourth-order valence-corrected chi connectivity index (χ4v) is 4.32.